The van der Waals surface area contributed by atoms with Gasteiger partial charge in [0.1, 0.15) is 17.3 Å². The molecule has 2 aromatic carbocycles. The van der Waals surface area contributed by atoms with Crippen LogP contribution in [0.3, 0.4) is 0 Å². The molecular formula is C19H17F2N5O. The first-order chi connectivity index (χ1) is 13.1. The van der Waals surface area contributed by atoms with Crippen LogP contribution in [0.1, 0.15) is 16.8 Å². The lowest BCUT2D eigenvalue weighted by molar-refractivity contribution is 0.0940. The highest BCUT2D eigenvalue weighted by atomic mass is 19.1. The Morgan fingerprint density at radius 3 is 2.67 bits per heavy atom. The lowest BCUT2D eigenvalue weighted by Crippen LogP contribution is -2.37. The molecule has 0 bridgehead atoms. The van der Waals surface area contributed by atoms with E-state index in [-0.39, 0.29) is 17.6 Å². The number of amides is 1. The Balaban J connectivity index is 1.45. The van der Waals surface area contributed by atoms with E-state index in [0.717, 1.165) is 5.69 Å². The van der Waals surface area contributed by atoms with Crippen LogP contribution in [0.25, 0.3) is 5.69 Å². The maximum absolute atomic E-state index is 14.0. The standard InChI is InChI=1S/C19H17F2N5O/c20-16-5-2-6-17(21)18(16)25-9-7-14(12-25)23-19(27)13-3-1-4-15(11-13)26-10-8-22-24-26/h1-6,8,10-11,14H,7,9,12H2,(H,23,27). The van der Waals surface area contributed by atoms with Gasteiger partial charge in [0.2, 0.25) is 0 Å². The second kappa shape index (κ2) is 7.14. The predicted octanol–water partition coefficient (Wildman–Crippen LogP) is 2.55. The summed E-state index contributed by atoms with van der Waals surface area (Å²) < 4.78 is 29.5. The average Bonchev–Trinajstić information content (AvgIpc) is 3.34. The Morgan fingerprint density at radius 2 is 1.93 bits per heavy atom. The molecule has 0 aliphatic carbocycles. The maximum Gasteiger partial charge on any atom is 0.251 e. The number of rotatable bonds is 4. The van der Waals surface area contributed by atoms with Crippen molar-refractivity contribution in [3.05, 3.63) is 72.1 Å². The molecule has 138 valence electrons. The van der Waals surface area contributed by atoms with Crippen LogP contribution in [0.15, 0.2) is 54.9 Å². The van der Waals surface area contributed by atoms with Crippen LogP contribution in [-0.4, -0.2) is 40.0 Å². The van der Waals surface area contributed by atoms with Gasteiger partial charge in [-0.3, -0.25) is 4.79 Å². The van der Waals surface area contributed by atoms with E-state index in [4.69, 9.17) is 0 Å². The smallest absolute Gasteiger partial charge is 0.251 e. The molecule has 1 N–H and O–H groups in total. The molecule has 1 aliphatic rings. The van der Waals surface area contributed by atoms with E-state index >= 15 is 0 Å². The third kappa shape index (κ3) is 3.51. The monoisotopic (exact) mass is 369 g/mol. The number of hydrogen-bond acceptors (Lipinski definition) is 4. The van der Waals surface area contributed by atoms with Crippen LogP contribution in [-0.2, 0) is 0 Å². The minimum atomic E-state index is -0.595. The van der Waals surface area contributed by atoms with Crippen LogP contribution >= 0.6 is 0 Å². The lowest BCUT2D eigenvalue weighted by Gasteiger charge is -2.20. The Hall–Kier alpha value is -3.29. The van der Waals surface area contributed by atoms with Crippen LogP contribution in [0.2, 0.25) is 0 Å². The number of carbonyl (C=O) groups excluding carboxylic acids is 1. The third-order valence-electron chi connectivity index (χ3n) is 4.57. The molecule has 1 unspecified atom stereocenters. The number of para-hydroxylation sites is 1. The Kier molecular flexibility index (Phi) is 4.53. The summed E-state index contributed by atoms with van der Waals surface area (Å²) in [7, 11) is 0. The van der Waals surface area contributed by atoms with Crippen molar-refractivity contribution in [2.45, 2.75) is 12.5 Å². The summed E-state index contributed by atoms with van der Waals surface area (Å²) >= 11 is 0. The molecule has 0 spiro atoms. The number of halogens is 2. The van der Waals surface area contributed by atoms with Crippen molar-refractivity contribution in [1.29, 1.82) is 0 Å². The van der Waals surface area contributed by atoms with Crippen molar-refractivity contribution in [2.75, 3.05) is 18.0 Å². The summed E-state index contributed by atoms with van der Waals surface area (Å²) in [6.45, 7) is 0.828. The molecule has 1 atom stereocenters. The van der Waals surface area contributed by atoms with E-state index in [0.29, 0.717) is 25.1 Å². The molecule has 3 aromatic rings. The van der Waals surface area contributed by atoms with E-state index in [1.54, 1.807) is 40.2 Å². The molecule has 27 heavy (non-hydrogen) atoms. The zero-order valence-electron chi connectivity index (χ0n) is 14.3. The van der Waals surface area contributed by atoms with Gasteiger partial charge in [-0.05, 0) is 36.8 Å². The van der Waals surface area contributed by atoms with Gasteiger partial charge in [0.05, 0.1) is 18.1 Å². The zero-order chi connectivity index (χ0) is 18.8. The summed E-state index contributed by atoms with van der Waals surface area (Å²) in [5.74, 6) is -1.43. The van der Waals surface area contributed by atoms with Crippen LogP contribution in [0.5, 0.6) is 0 Å². The van der Waals surface area contributed by atoms with Crippen LogP contribution < -0.4 is 10.2 Å². The molecule has 1 aromatic heterocycles. The van der Waals surface area contributed by atoms with Crippen molar-refractivity contribution < 1.29 is 13.6 Å². The second-order valence-corrected chi connectivity index (χ2v) is 6.37. The molecule has 1 saturated heterocycles. The van der Waals surface area contributed by atoms with E-state index in [9.17, 15) is 13.6 Å². The molecule has 4 rings (SSSR count). The van der Waals surface area contributed by atoms with Gasteiger partial charge >= 0.3 is 0 Å². The number of anilines is 1. The third-order valence-corrected chi connectivity index (χ3v) is 4.57. The van der Waals surface area contributed by atoms with E-state index < -0.39 is 11.6 Å². The SMILES string of the molecule is O=C(NC1CCN(c2c(F)cccc2F)C1)c1cccc(-n2ccnn2)c1. The largest absolute Gasteiger partial charge is 0.365 e. The summed E-state index contributed by atoms with van der Waals surface area (Å²) in [5, 5.41) is 10.6. The Bertz CT molecular complexity index is 940. The summed E-state index contributed by atoms with van der Waals surface area (Å²) in [6, 6.07) is 10.6. The highest BCUT2D eigenvalue weighted by Gasteiger charge is 2.28. The highest BCUT2D eigenvalue weighted by molar-refractivity contribution is 5.95. The van der Waals surface area contributed by atoms with Crippen molar-refractivity contribution in [3.63, 3.8) is 0 Å². The molecule has 1 aliphatic heterocycles. The molecule has 2 heterocycles. The predicted molar refractivity (Wildman–Crippen MR) is 95.8 cm³/mol. The quantitative estimate of drug-likeness (QED) is 0.768. The fourth-order valence-electron chi connectivity index (χ4n) is 3.28. The van der Waals surface area contributed by atoms with Crippen molar-refractivity contribution >= 4 is 11.6 Å². The van der Waals surface area contributed by atoms with Gasteiger partial charge in [0, 0.05) is 24.7 Å². The first-order valence-corrected chi connectivity index (χ1v) is 8.58. The number of nitrogens with one attached hydrogen (secondary N) is 1. The van der Waals surface area contributed by atoms with Crippen molar-refractivity contribution in [3.8, 4) is 5.69 Å². The fraction of sp³-hybridized carbons (Fsp3) is 0.211. The van der Waals surface area contributed by atoms with E-state index in [1.165, 1.54) is 18.2 Å². The number of nitrogens with zero attached hydrogens (tertiary/aromatic N) is 4. The molecule has 6 nitrogen and oxygen atoms in total. The van der Waals surface area contributed by atoms with E-state index in [2.05, 4.69) is 15.6 Å². The summed E-state index contributed by atoms with van der Waals surface area (Å²) in [6.07, 6.45) is 3.86. The van der Waals surface area contributed by atoms with Gasteiger partial charge in [-0.1, -0.05) is 17.3 Å². The van der Waals surface area contributed by atoms with Gasteiger partial charge in [-0.15, -0.1) is 5.10 Å². The second-order valence-electron chi connectivity index (χ2n) is 6.37. The minimum absolute atomic E-state index is 0.0394. The zero-order valence-corrected chi connectivity index (χ0v) is 14.3. The highest BCUT2D eigenvalue weighted by Crippen LogP contribution is 2.26. The number of carbonyl (C=O) groups is 1. The summed E-state index contributed by atoms with van der Waals surface area (Å²) in [4.78, 5) is 14.2. The Labute approximate surface area is 154 Å². The van der Waals surface area contributed by atoms with Crippen LogP contribution in [0.4, 0.5) is 14.5 Å². The fourth-order valence-corrected chi connectivity index (χ4v) is 3.28. The molecule has 0 radical (unpaired) electrons. The molecule has 0 saturated carbocycles. The first kappa shape index (κ1) is 17.1. The number of hydrogen-bond donors (Lipinski definition) is 1. The van der Waals surface area contributed by atoms with Gasteiger partial charge in [0.25, 0.3) is 5.91 Å². The van der Waals surface area contributed by atoms with Crippen molar-refractivity contribution in [2.24, 2.45) is 0 Å². The first-order valence-electron chi connectivity index (χ1n) is 8.58. The topological polar surface area (TPSA) is 63.1 Å². The molecule has 1 fully saturated rings. The summed E-state index contributed by atoms with van der Waals surface area (Å²) in [5.41, 5.74) is 1.17. The average molecular weight is 369 g/mol. The lowest BCUT2D eigenvalue weighted by atomic mass is 10.1. The Morgan fingerprint density at radius 1 is 1.15 bits per heavy atom. The molecule has 8 heteroatoms. The number of aromatic nitrogens is 3. The van der Waals surface area contributed by atoms with Gasteiger partial charge in [-0.2, -0.15) is 0 Å². The maximum atomic E-state index is 14.0. The number of benzene rings is 2. The van der Waals surface area contributed by atoms with Gasteiger partial charge in [0.15, 0.2) is 0 Å². The van der Waals surface area contributed by atoms with Gasteiger partial charge < -0.3 is 10.2 Å². The minimum Gasteiger partial charge on any atom is -0.365 e. The van der Waals surface area contributed by atoms with E-state index in [1.807, 2.05) is 6.07 Å². The molecule has 1 amide bonds. The van der Waals surface area contributed by atoms with Crippen molar-refractivity contribution in [1.82, 2.24) is 20.3 Å². The molecular weight excluding hydrogens is 352 g/mol. The van der Waals surface area contributed by atoms with Crippen LogP contribution in [0, 0.1) is 11.6 Å². The normalized spacial score (nSPS) is 16.5. The van der Waals surface area contributed by atoms with Gasteiger partial charge in [-0.25, -0.2) is 13.5 Å².